The first-order chi connectivity index (χ1) is 17.7. The number of alkyl halides is 6. The Labute approximate surface area is 215 Å². The van der Waals surface area contributed by atoms with Gasteiger partial charge in [-0.3, -0.25) is 0 Å². The van der Waals surface area contributed by atoms with Crippen LogP contribution in [-0.2, 0) is 21.3 Å². The zero-order valence-electron chi connectivity index (χ0n) is 19.0. The number of benzene rings is 3. The Morgan fingerprint density at radius 3 is 1.97 bits per heavy atom. The van der Waals surface area contributed by atoms with Crippen LogP contribution in [0, 0.1) is 5.82 Å². The number of esters is 1. The van der Waals surface area contributed by atoms with Crippen molar-refractivity contribution in [2.24, 2.45) is 0 Å². The molecule has 3 rings (SSSR count). The molecular formula is C24H16ClF7N2O4. The molecule has 0 aromatic heterocycles. The molecule has 3 aromatic rings. The molecule has 0 aliphatic heterocycles. The van der Waals surface area contributed by atoms with E-state index in [1.807, 2.05) is 5.32 Å². The van der Waals surface area contributed by atoms with Crippen LogP contribution in [0.3, 0.4) is 0 Å². The van der Waals surface area contributed by atoms with Gasteiger partial charge in [-0.05, 0) is 54.6 Å². The van der Waals surface area contributed by atoms with Gasteiger partial charge in [0, 0.05) is 16.3 Å². The molecule has 1 unspecified atom stereocenters. The summed E-state index contributed by atoms with van der Waals surface area (Å²) >= 11 is 5.60. The summed E-state index contributed by atoms with van der Waals surface area (Å²) in [5.41, 5.74) is -6.42. The van der Waals surface area contributed by atoms with Gasteiger partial charge >= 0.3 is 30.0 Å². The van der Waals surface area contributed by atoms with Crippen LogP contribution in [0.15, 0.2) is 66.7 Å². The monoisotopic (exact) mass is 564 g/mol. The lowest BCUT2D eigenvalue weighted by molar-refractivity contribution is -0.257. The van der Waals surface area contributed by atoms with E-state index >= 15 is 0 Å². The minimum absolute atomic E-state index is 0.142. The highest BCUT2D eigenvalue weighted by molar-refractivity contribution is 6.30. The summed E-state index contributed by atoms with van der Waals surface area (Å²) in [5.74, 6) is -3.10. The number of carbonyl (C=O) groups excluding carboxylic acids is 2. The summed E-state index contributed by atoms with van der Waals surface area (Å²) in [5, 5.41) is 3.94. The third-order valence-electron chi connectivity index (χ3n) is 5.04. The van der Waals surface area contributed by atoms with Crippen LogP contribution in [0.4, 0.5) is 46.9 Å². The second-order valence-corrected chi connectivity index (χ2v) is 8.01. The van der Waals surface area contributed by atoms with E-state index in [1.165, 1.54) is 0 Å². The van der Waals surface area contributed by atoms with Crippen molar-refractivity contribution in [1.82, 2.24) is 0 Å². The molecule has 2 N–H and O–H groups in total. The van der Waals surface area contributed by atoms with Gasteiger partial charge in [0.15, 0.2) is 0 Å². The minimum Gasteiger partial charge on any atom is -0.466 e. The lowest BCUT2D eigenvalue weighted by Crippen LogP contribution is -2.54. The van der Waals surface area contributed by atoms with Crippen molar-refractivity contribution in [2.75, 3.05) is 17.7 Å². The fourth-order valence-corrected chi connectivity index (χ4v) is 3.48. The fourth-order valence-electron chi connectivity index (χ4n) is 3.31. The fraction of sp³-hybridized carbons (Fsp3) is 0.167. The first-order valence-electron chi connectivity index (χ1n) is 10.3. The van der Waals surface area contributed by atoms with Crippen LogP contribution in [0.5, 0.6) is 5.75 Å². The van der Waals surface area contributed by atoms with E-state index in [1.54, 1.807) is 0 Å². The smallest absolute Gasteiger partial charge is 0.444 e. The molecule has 0 saturated heterocycles. The zero-order valence-corrected chi connectivity index (χ0v) is 19.8. The second-order valence-electron chi connectivity index (χ2n) is 7.57. The van der Waals surface area contributed by atoms with Gasteiger partial charge < -0.3 is 20.1 Å². The predicted octanol–water partition coefficient (Wildman–Crippen LogP) is 7.15. The average molecular weight is 565 g/mol. The Hall–Kier alpha value is -4.00. The Bertz CT molecular complexity index is 1310. The maximum absolute atomic E-state index is 14.3. The van der Waals surface area contributed by atoms with Crippen molar-refractivity contribution in [1.29, 1.82) is 0 Å². The molecule has 1 atom stereocenters. The SMILES string of the molecule is COC(=O)C(Oc1ccc(F)cc1)(c1ccc(NC(=O)Nc2ccc(Cl)cc2C(F)(F)F)cc1)C(F)(F)F. The summed E-state index contributed by atoms with van der Waals surface area (Å²) in [4.78, 5) is 24.7. The maximum atomic E-state index is 14.3. The molecule has 0 saturated carbocycles. The molecule has 0 aliphatic rings. The summed E-state index contributed by atoms with van der Waals surface area (Å²) in [6.45, 7) is 0. The normalized spacial score (nSPS) is 13.3. The van der Waals surface area contributed by atoms with Gasteiger partial charge in [0.2, 0.25) is 0 Å². The number of hydrogen-bond acceptors (Lipinski definition) is 4. The van der Waals surface area contributed by atoms with Crippen molar-refractivity contribution in [3.63, 3.8) is 0 Å². The second kappa shape index (κ2) is 10.8. The van der Waals surface area contributed by atoms with Crippen molar-refractivity contribution in [3.05, 3.63) is 88.7 Å². The number of ether oxygens (including phenoxy) is 2. The number of carbonyl (C=O) groups is 2. The average Bonchev–Trinajstić information content (AvgIpc) is 2.83. The van der Waals surface area contributed by atoms with E-state index in [0.717, 1.165) is 60.7 Å². The van der Waals surface area contributed by atoms with Crippen LogP contribution in [0.2, 0.25) is 5.02 Å². The standard InChI is InChI=1S/C24H16ClF7N2O4/c1-37-20(35)22(24(30,31)32,38-17-9-5-15(26)6-10-17)13-2-7-16(8-3-13)33-21(36)34-19-11-4-14(25)12-18(19)23(27,28)29/h2-12H,1H3,(H2,33,34,36). The Balaban J connectivity index is 1.90. The summed E-state index contributed by atoms with van der Waals surface area (Å²) in [6.07, 6.45) is -10.2. The first-order valence-corrected chi connectivity index (χ1v) is 10.7. The van der Waals surface area contributed by atoms with E-state index in [2.05, 4.69) is 10.1 Å². The highest BCUT2D eigenvalue weighted by Gasteiger charge is 2.65. The van der Waals surface area contributed by atoms with Gasteiger partial charge in [0.25, 0.3) is 0 Å². The van der Waals surface area contributed by atoms with Gasteiger partial charge in [0.1, 0.15) is 11.6 Å². The van der Waals surface area contributed by atoms with Crippen LogP contribution < -0.4 is 15.4 Å². The number of methoxy groups -OCH3 is 1. The molecule has 0 spiro atoms. The van der Waals surface area contributed by atoms with Crippen molar-refractivity contribution in [3.8, 4) is 5.75 Å². The third kappa shape index (κ3) is 6.10. The Morgan fingerprint density at radius 1 is 0.842 bits per heavy atom. The molecule has 3 aromatic carbocycles. The lowest BCUT2D eigenvalue weighted by Gasteiger charge is -2.33. The number of hydrogen-bond donors (Lipinski definition) is 2. The third-order valence-corrected chi connectivity index (χ3v) is 5.28. The van der Waals surface area contributed by atoms with E-state index in [9.17, 15) is 40.3 Å². The van der Waals surface area contributed by atoms with Gasteiger partial charge in [-0.15, -0.1) is 0 Å². The van der Waals surface area contributed by atoms with Crippen LogP contribution in [0.1, 0.15) is 11.1 Å². The van der Waals surface area contributed by atoms with Gasteiger partial charge in [-0.2, -0.15) is 26.3 Å². The molecule has 14 heteroatoms. The van der Waals surface area contributed by atoms with Gasteiger partial charge in [0.05, 0.1) is 18.4 Å². The van der Waals surface area contributed by atoms with Crippen molar-refractivity contribution in [2.45, 2.75) is 18.0 Å². The molecule has 202 valence electrons. The molecule has 0 aliphatic carbocycles. The first kappa shape index (κ1) is 28.6. The highest BCUT2D eigenvalue weighted by atomic mass is 35.5. The van der Waals surface area contributed by atoms with Crippen molar-refractivity contribution < 1.29 is 49.8 Å². The topological polar surface area (TPSA) is 76.7 Å². The highest BCUT2D eigenvalue weighted by Crippen LogP contribution is 2.44. The number of amides is 2. The molecule has 2 amide bonds. The molecule has 0 heterocycles. The summed E-state index contributed by atoms with van der Waals surface area (Å²) in [7, 11) is 0.711. The molecule has 0 radical (unpaired) electrons. The number of halogens is 8. The molecule has 38 heavy (non-hydrogen) atoms. The number of nitrogens with one attached hydrogen (secondary N) is 2. The Morgan fingerprint density at radius 2 is 1.45 bits per heavy atom. The number of anilines is 2. The van der Waals surface area contributed by atoms with E-state index in [-0.39, 0.29) is 10.7 Å². The van der Waals surface area contributed by atoms with Gasteiger partial charge in [-0.25, -0.2) is 14.0 Å². The van der Waals surface area contributed by atoms with Crippen LogP contribution in [0.25, 0.3) is 0 Å². The van der Waals surface area contributed by atoms with E-state index in [0.29, 0.717) is 13.2 Å². The zero-order chi connectivity index (χ0) is 28.3. The summed E-state index contributed by atoms with van der Waals surface area (Å²) < 4.78 is 105. The quantitative estimate of drug-likeness (QED) is 0.246. The number of rotatable bonds is 6. The lowest BCUT2D eigenvalue weighted by atomic mass is 9.92. The molecule has 6 nitrogen and oxygen atoms in total. The van der Waals surface area contributed by atoms with Gasteiger partial charge in [-0.1, -0.05) is 23.7 Å². The largest absolute Gasteiger partial charge is 0.466 e. The van der Waals surface area contributed by atoms with Crippen molar-refractivity contribution >= 4 is 35.0 Å². The maximum Gasteiger partial charge on any atom is 0.444 e. The van der Waals surface area contributed by atoms with Crippen LogP contribution in [-0.4, -0.2) is 25.3 Å². The predicted molar refractivity (Wildman–Crippen MR) is 122 cm³/mol. The number of urea groups is 1. The Kier molecular flexibility index (Phi) is 8.10. The van der Waals surface area contributed by atoms with E-state index < -0.39 is 58.3 Å². The van der Waals surface area contributed by atoms with E-state index in [4.69, 9.17) is 16.3 Å². The molecule has 0 bridgehead atoms. The molecule has 0 fully saturated rings. The van der Waals surface area contributed by atoms with Crippen LogP contribution >= 0.6 is 11.6 Å². The molecular weight excluding hydrogens is 549 g/mol. The summed E-state index contributed by atoms with van der Waals surface area (Å²) in [6, 6.07) is 8.42. The minimum atomic E-state index is -5.37.